The van der Waals surface area contributed by atoms with Crippen LogP contribution in [-0.4, -0.2) is 61.5 Å². The predicted octanol–water partition coefficient (Wildman–Crippen LogP) is 3.21. The number of carbonyl (C=O) groups excluding carboxylic acids is 2. The Morgan fingerprint density at radius 3 is 2.33 bits per heavy atom. The molecular weight excluding hydrogens is 347 g/mol. The molecule has 6 heteroatoms. The molecule has 0 aliphatic rings. The van der Waals surface area contributed by atoms with Gasteiger partial charge in [-0.2, -0.15) is 0 Å². The van der Waals surface area contributed by atoms with Gasteiger partial charge in [0.1, 0.15) is 5.82 Å². The van der Waals surface area contributed by atoms with Gasteiger partial charge in [-0.15, -0.1) is 0 Å². The number of ether oxygens (including phenoxy) is 1. The number of halogens is 1. The lowest BCUT2D eigenvalue weighted by atomic mass is 10.1. The summed E-state index contributed by atoms with van der Waals surface area (Å²) in [6.07, 6.45) is 3.95. The van der Waals surface area contributed by atoms with Crippen molar-refractivity contribution in [3.63, 3.8) is 0 Å². The first-order chi connectivity index (χ1) is 12.9. The van der Waals surface area contributed by atoms with E-state index in [1.165, 1.54) is 25.3 Å². The van der Waals surface area contributed by atoms with Crippen LogP contribution in [0.5, 0.6) is 0 Å². The minimum Gasteiger partial charge on any atom is -0.469 e. The predicted molar refractivity (Wildman–Crippen MR) is 106 cm³/mol. The lowest BCUT2D eigenvalue weighted by Crippen LogP contribution is -2.38. The van der Waals surface area contributed by atoms with E-state index in [2.05, 4.69) is 18.7 Å². The molecule has 27 heavy (non-hydrogen) atoms. The molecule has 1 unspecified atom stereocenters. The Bertz CT molecular complexity index is 612. The largest absolute Gasteiger partial charge is 0.469 e. The molecule has 0 aromatic heterocycles. The minimum absolute atomic E-state index is 0.172. The molecule has 0 bridgehead atoms. The Kier molecular flexibility index (Phi) is 10.3. The van der Waals surface area contributed by atoms with Crippen molar-refractivity contribution in [3.8, 4) is 0 Å². The third-order valence-corrected chi connectivity index (χ3v) is 4.49. The first kappa shape index (κ1) is 22.8. The number of rotatable bonds is 11. The molecule has 0 radical (unpaired) electrons. The fraction of sp³-hybridized carbons (Fsp3) is 0.524. The van der Waals surface area contributed by atoms with E-state index in [4.69, 9.17) is 4.74 Å². The molecular formula is C21H31FN2O3. The first-order valence-corrected chi connectivity index (χ1v) is 9.43. The van der Waals surface area contributed by atoms with Crippen LogP contribution in [0.15, 0.2) is 30.3 Å². The van der Waals surface area contributed by atoms with E-state index in [9.17, 15) is 14.0 Å². The molecule has 150 valence electrons. The summed E-state index contributed by atoms with van der Waals surface area (Å²) in [7, 11) is 1.35. The molecule has 1 atom stereocenters. The van der Waals surface area contributed by atoms with E-state index in [1.54, 1.807) is 30.0 Å². The van der Waals surface area contributed by atoms with Crippen LogP contribution in [0.1, 0.15) is 32.8 Å². The fourth-order valence-corrected chi connectivity index (χ4v) is 2.77. The van der Waals surface area contributed by atoms with Crippen LogP contribution in [0.25, 0.3) is 6.08 Å². The molecule has 0 saturated carbocycles. The quantitative estimate of drug-likeness (QED) is 0.438. The highest BCUT2D eigenvalue weighted by Gasteiger charge is 2.20. The molecule has 0 fully saturated rings. The Morgan fingerprint density at radius 2 is 1.78 bits per heavy atom. The topological polar surface area (TPSA) is 49.9 Å². The van der Waals surface area contributed by atoms with E-state index in [0.717, 1.165) is 31.6 Å². The van der Waals surface area contributed by atoms with Gasteiger partial charge >= 0.3 is 5.97 Å². The van der Waals surface area contributed by atoms with Crippen molar-refractivity contribution in [2.75, 3.05) is 39.8 Å². The van der Waals surface area contributed by atoms with Crippen LogP contribution in [-0.2, 0) is 14.3 Å². The number of benzene rings is 1. The van der Waals surface area contributed by atoms with Gasteiger partial charge in [-0.3, -0.25) is 9.59 Å². The Labute approximate surface area is 161 Å². The van der Waals surface area contributed by atoms with Crippen LogP contribution >= 0.6 is 0 Å². The lowest BCUT2D eigenvalue weighted by molar-refractivity contribution is -0.146. The van der Waals surface area contributed by atoms with Gasteiger partial charge in [-0.05, 0) is 49.8 Å². The number of amides is 1. The maximum Gasteiger partial charge on any atom is 0.310 e. The standard InChI is InChI=1S/C21H31FN2O3/c1-5-23(6-2)14-7-15-24(16-17(3)21(26)27-4)20(25)13-10-18-8-11-19(22)12-9-18/h8-13,17H,5-7,14-16H2,1-4H3/b13-10+. The second-order valence-electron chi connectivity index (χ2n) is 6.47. The van der Waals surface area contributed by atoms with Gasteiger partial charge in [0.25, 0.3) is 0 Å². The summed E-state index contributed by atoms with van der Waals surface area (Å²) in [5.41, 5.74) is 0.744. The summed E-state index contributed by atoms with van der Waals surface area (Å²) in [6.45, 7) is 9.66. The number of esters is 1. The number of carbonyl (C=O) groups is 2. The minimum atomic E-state index is -0.397. The summed E-state index contributed by atoms with van der Waals surface area (Å²) in [6, 6.07) is 5.93. The summed E-state index contributed by atoms with van der Waals surface area (Å²) < 4.78 is 17.8. The highest BCUT2D eigenvalue weighted by Crippen LogP contribution is 2.08. The SMILES string of the molecule is CCN(CC)CCCN(CC(C)C(=O)OC)C(=O)/C=C/c1ccc(F)cc1. The third kappa shape index (κ3) is 8.35. The number of hydrogen-bond donors (Lipinski definition) is 0. The van der Waals surface area contributed by atoms with Gasteiger partial charge < -0.3 is 14.5 Å². The van der Waals surface area contributed by atoms with Crippen molar-refractivity contribution >= 4 is 18.0 Å². The average Bonchev–Trinajstić information content (AvgIpc) is 2.68. The smallest absolute Gasteiger partial charge is 0.310 e. The van der Waals surface area contributed by atoms with Crippen molar-refractivity contribution in [2.24, 2.45) is 5.92 Å². The molecule has 0 spiro atoms. The van der Waals surface area contributed by atoms with Crippen molar-refractivity contribution < 1.29 is 18.7 Å². The second-order valence-corrected chi connectivity index (χ2v) is 6.47. The van der Waals surface area contributed by atoms with Gasteiger partial charge in [0.2, 0.25) is 5.91 Å². The molecule has 1 rings (SSSR count). The molecule has 1 aromatic carbocycles. The molecule has 0 N–H and O–H groups in total. The Morgan fingerprint density at radius 1 is 1.15 bits per heavy atom. The Balaban J connectivity index is 2.76. The summed E-state index contributed by atoms with van der Waals surface area (Å²) in [4.78, 5) is 28.3. The maximum atomic E-state index is 13.0. The van der Waals surface area contributed by atoms with E-state index < -0.39 is 5.92 Å². The molecule has 5 nitrogen and oxygen atoms in total. The second kappa shape index (κ2) is 12.2. The van der Waals surface area contributed by atoms with Gasteiger partial charge in [-0.25, -0.2) is 4.39 Å². The van der Waals surface area contributed by atoms with Gasteiger partial charge in [0.05, 0.1) is 13.0 Å². The van der Waals surface area contributed by atoms with Crippen molar-refractivity contribution in [2.45, 2.75) is 27.2 Å². The Hall–Kier alpha value is -2.21. The van der Waals surface area contributed by atoms with Gasteiger partial charge in [-0.1, -0.05) is 32.9 Å². The highest BCUT2D eigenvalue weighted by molar-refractivity contribution is 5.92. The molecule has 0 aliphatic heterocycles. The van der Waals surface area contributed by atoms with E-state index in [-0.39, 0.29) is 17.7 Å². The zero-order chi connectivity index (χ0) is 20.2. The van der Waals surface area contributed by atoms with Crippen molar-refractivity contribution in [3.05, 3.63) is 41.7 Å². The molecule has 0 saturated heterocycles. The van der Waals surface area contributed by atoms with Crippen LogP contribution in [0, 0.1) is 11.7 Å². The number of hydrogen-bond acceptors (Lipinski definition) is 4. The number of methoxy groups -OCH3 is 1. The maximum absolute atomic E-state index is 13.0. The van der Waals surface area contributed by atoms with E-state index in [0.29, 0.717) is 13.1 Å². The van der Waals surface area contributed by atoms with Gasteiger partial charge in [0, 0.05) is 19.2 Å². The zero-order valence-electron chi connectivity index (χ0n) is 16.8. The monoisotopic (exact) mass is 378 g/mol. The van der Waals surface area contributed by atoms with Crippen LogP contribution < -0.4 is 0 Å². The molecule has 1 aromatic rings. The normalized spacial score (nSPS) is 12.4. The van der Waals surface area contributed by atoms with Crippen molar-refractivity contribution in [1.29, 1.82) is 0 Å². The summed E-state index contributed by atoms with van der Waals surface area (Å²) >= 11 is 0. The highest BCUT2D eigenvalue weighted by atomic mass is 19.1. The van der Waals surface area contributed by atoms with Crippen LogP contribution in [0.3, 0.4) is 0 Å². The molecule has 1 amide bonds. The summed E-state index contributed by atoms with van der Waals surface area (Å²) in [5.74, 6) is -1.22. The average molecular weight is 378 g/mol. The molecule has 0 heterocycles. The first-order valence-electron chi connectivity index (χ1n) is 9.43. The number of nitrogens with zero attached hydrogens (tertiary/aromatic N) is 2. The van der Waals surface area contributed by atoms with Crippen LogP contribution in [0.4, 0.5) is 4.39 Å². The summed E-state index contributed by atoms with van der Waals surface area (Å²) in [5, 5.41) is 0. The van der Waals surface area contributed by atoms with Gasteiger partial charge in [0.15, 0.2) is 0 Å². The molecule has 0 aliphatic carbocycles. The fourth-order valence-electron chi connectivity index (χ4n) is 2.77. The van der Waals surface area contributed by atoms with Crippen molar-refractivity contribution in [1.82, 2.24) is 9.80 Å². The van der Waals surface area contributed by atoms with E-state index >= 15 is 0 Å². The third-order valence-electron chi connectivity index (χ3n) is 4.49. The lowest BCUT2D eigenvalue weighted by Gasteiger charge is -2.25. The van der Waals surface area contributed by atoms with Crippen LogP contribution in [0.2, 0.25) is 0 Å². The zero-order valence-corrected chi connectivity index (χ0v) is 16.8. The van der Waals surface area contributed by atoms with E-state index in [1.807, 2.05) is 0 Å².